The number of rotatable bonds is 4. The van der Waals surface area contributed by atoms with E-state index < -0.39 is 6.17 Å². The van der Waals surface area contributed by atoms with Gasteiger partial charge < -0.3 is 9.88 Å². The summed E-state index contributed by atoms with van der Waals surface area (Å²) in [6.45, 7) is 7.44. The Hall–Kier alpha value is -2.73. The number of hydrogen-bond acceptors (Lipinski definition) is 4. The molecule has 5 nitrogen and oxygen atoms in total. The molecule has 2 aliphatic heterocycles. The van der Waals surface area contributed by atoms with Crippen molar-refractivity contribution in [2.75, 3.05) is 24.5 Å². The molecule has 2 aliphatic rings. The smallest absolute Gasteiger partial charge is 0.142 e. The van der Waals surface area contributed by atoms with Gasteiger partial charge in [0.05, 0.1) is 23.5 Å². The van der Waals surface area contributed by atoms with Crippen LogP contribution in [-0.2, 0) is 13.0 Å². The Labute approximate surface area is 177 Å². The van der Waals surface area contributed by atoms with Crippen molar-refractivity contribution in [3.05, 3.63) is 54.0 Å². The van der Waals surface area contributed by atoms with E-state index in [1.54, 1.807) is 0 Å². The zero-order valence-corrected chi connectivity index (χ0v) is 17.6. The molecule has 1 aromatic carbocycles. The van der Waals surface area contributed by atoms with Gasteiger partial charge in [0.25, 0.3) is 0 Å². The first-order valence-corrected chi connectivity index (χ1v) is 10.9. The summed E-state index contributed by atoms with van der Waals surface area (Å²) in [6, 6.07) is 12.9. The number of imidazole rings is 1. The van der Waals surface area contributed by atoms with Gasteiger partial charge in [-0.05, 0) is 37.5 Å². The summed E-state index contributed by atoms with van der Waals surface area (Å²) in [6.07, 6.45) is 2.52. The van der Waals surface area contributed by atoms with Gasteiger partial charge in [-0.25, -0.2) is 14.4 Å². The second-order valence-electron chi connectivity index (χ2n) is 8.58. The lowest BCUT2D eigenvalue weighted by molar-refractivity contribution is 0.200. The van der Waals surface area contributed by atoms with Gasteiger partial charge in [0.1, 0.15) is 17.8 Å². The summed E-state index contributed by atoms with van der Waals surface area (Å²) in [5.41, 5.74) is 5.49. The van der Waals surface area contributed by atoms with Crippen LogP contribution in [0.5, 0.6) is 0 Å². The quantitative estimate of drug-likeness (QED) is 0.697. The molecule has 0 unspecified atom stereocenters. The van der Waals surface area contributed by atoms with Gasteiger partial charge in [-0.1, -0.05) is 30.3 Å². The van der Waals surface area contributed by atoms with Gasteiger partial charge in [-0.3, -0.25) is 4.90 Å². The van der Waals surface area contributed by atoms with Crippen molar-refractivity contribution in [2.45, 2.75) is 45.4 Å². The van der Waals surface area contributed by atoms with Crippen molar-refractivity contribution in [1.29, 1.82) is 0 Å². The van der Waals surface area contributed by atoms with Crippen LogP contribution < -0.4 is 4.90 Å². The number of nitrogens with zero attached hydrogens (tertiary/aromatic N) is 4. The van der Waals surface area contributed by atoms with Gasteiger partial charge in [0.2, 0.25) is 0 Å². The highest BCUT2D eigenvalue weighted by Gasteiger charge is 2.29. The average molecular weight is 406 g/mol. The van der Waals surface area contributed by atoms with Crippen LogP contribution in [0.25, 0.3) is 22.5 Å². The van der Waals surface area contributed by atoms with E-state index in [-0.39, 0.29) is 0 Å². The minimum atomic E-state index is -0.801. The number of aromatic amines is 1. The summed E-state index contributed by atoms with van der Waals surface area (Å²) in [5.74, 6) is 1.66. The fourth-order valence-electron chi connectivity index (χ4n) is 4.57. The monoisotopic (exact) mass is 405 g/mol. The highest BCUT2D eigenvalue weighted by atomic mass is 19.1. The first kappa shape index (κ1) is 19.2. The van der Waals surface area contributed by atoms with E-state index in [4.69, 9.17) is 9.97 Å². The second-order valence-corrected chi connectivity index (χ2v) is 8.58. The number of hydrogen-bond donors (Lipinski definition) is 1. The number of nitrogens with one attached hydrogen (secondary N) is 1. The van der Waals surface area contributed by atoms with Crippen molar-refractivity contribution in [2.24, 2.45) is 0 Å². The molecule has 30 heavy (non-hydrogen) atoms. The number of H-pyrrole nitrogens is 1. The van der Waals surface area contributed by atoms with Crippen LogP contribution in [0.2, 0.25) is 0 Å². The fourth-order valence-corrected chi connectivity index (χ4v) is 4.57. The molecule has 0 aliphatic carbocycles. The number of benzene rings is 1. The van der Waals surface area contributed by atoms with E-state index in [1.165, 1.54) is 5.69 Å². The van der Waals surface area contributed by atoms with E-state index in [1.807, 2.05) is 30.5 Å². The van der Waals surface area contributed by atoms with Gasteiger partial charge in [-0.15, -0.1) is 0 Å². The SMILES string of the molecule is CC(C)N1CCc2nc(-c3c(-c4ccccc4)ccnc3N3CC[C@H](F)C3)[nH]c2C1. The molecule has 5 rings (SSSR count). The minimum absolute atomic E-state index is 0.389. The number of alkyl halides is 1. The standard InChI is InChI=1S/C24H28FN5/c1-16(2)29-13-10-20-21(15-29)28-23(27-20)22-19(17-6-4-3-5-7-17)8-11-26-24(22)30-12-9-18(25)14-30/h3-8,11,16,18H,9-10,12-15H2,1-2H3,(H,27,28)/t18-/m0/s1. The van der Waals surface area contributed by atoms with Crippen LogP contribution in [0.3, 0.4) is 0 Å². The zero-order chi connectivity index (χ0) is 20.7. The molecule has 4 heterocycles. The fraction of sp³-hybridized carbons (Fsp3) is 0.417. The van der Waals surface area contributed by atoms with E-state index in [9.17, 15) is 4.39 Å². The maximum Gasteiger partial charge on any atom is 0.142 e. The largest absolute Gasteiger partial charge is 0.353 e. The molecule has 0 saturated carbocycles. The Morgan fingerprint density at radius 1 is 1.13 bits per heavy atom. The Bertz CT molecular complexity index is 1030. The van der Waals surface area contributed by atoms with Crippen molar-refractivity contribution in [3.8, 4) is 22.5 Å². The van der Waals surface area contributed by atoms with Crippen LogP contribution in [0.1, 0.15) is 31.7 Å². The zero-order valence-electron chi connectivity index (χ0n) is 17.6. The molecule has 1 fully saturated rings. The van der Waals surface area contributed by atoms with Crippen molar-refractivity contribution in [3.63, 3.8) is 0 Å². The lowest BCUT2D eigenvalue weighted by Gasteiger charge is -2.29. The molecule has 156 valence electrons. The minimum Gasteiger partial charge on any atom is -0.353 e. The number of pyridine rings is 1. The van der Waals surface area contributed by atoms with Gasteiger partial charge in [-0.2, -0.15) is 0 Å². The van der Waals surface area contributed by atoms with Gasteiger partial charge >= 0.3 is 0 Å². The third kappa shape index (κ3) is 3.49. The first-order chi connectivity index (χ1) is 14.6. The van der Waals surface area contributed by atoms with E-state index in [0.29, 0.717) is 25.6 Å². The van der Waals surface area contributed by atoms with Gasteiger partial charge in [0, 0.05) is 38.3 Å². The Balaban J connectivity index is 1.63. The molecule has 0 amide bonds. The first-order valence-electron chi connectivity index (χ1n) is 10.9. The third-order valence-electron chi connectivity index (χ3n) is 6.27. The number of aromatic nitrogens is 3. The Morgan fingerprint density at radius 2 is 1.97 bits per heavy atom. The lowest BCUT2D eigenvalue weighted by atomic mass is 10.00. The Morgan fingerprint density at radius 3 is 2.70 bits per heavy atom. The predicted octanol–water partition coefficient (Wildman–Crippen LogP) is 4.45. The molecule has 1 N–H and O–H groups in total. The van der Waals surface area contributed by atoms with Crippen LogP contribution in [0.4, 0.5) is 10.2 Å². The molecule has 1 atom stereocenters. The molecule has 0 spiro atoms. The highest BCUT2D eigenvalue weighted by molar-refractivity contribution is 5.88. The predicted molar refractivity (Wildman–Crippen MR) is 118 cm³/mol. The van der Waals surface area contributed by atoms with E-state index in [0.717, 1.165) is 53.5 Å². The summed E-state index contributed by atoms with van der Waals surface area (Å²) in [5, 5.41) is 0. The summed E-state index contributed by atoms with van der Waals surface area (Å²) >= 11 is 0. The summed E-state index contributed by atoms with van der Waals surface area (Å²) < 4.78 is 14.0. The lowest BCUT2D eigenvalue weighted by Crippen LogP contribution is -2.35. The van der Waals surface area contributed by atoms with Crippen molar-refractivity contribution >= 4 is 5.82 Å². The highest BCUT2D eigenvalue weighted by Crippen LogP contribution is 2.39. The van der Waals surface area contributed by atoms with Crippen molar-refractivity contribution < 1.29 is 4.39 Å². The molecule has 6 heteroatoms. The summed E-state index contributed by atoms with van der Waals surface area (Å²) in [4.78, 5) is 17.8. The topological polar surface area (TPSA) is 48.1 Å². The maximum atomic E-state index is 14.0. The molecule has 1 saturated heterocycles. The van der Waals surface area contributed by atoms with Crippen LogP contribution >= 0.6 is 0 Å². The number of anilines is 1. The summed E-state index contributed by atoms with van der Waals surface area (Å²) in [7, 11) is 0. The normalized spacial score (nSPS) is 19.5. The van der Waals surface area contributed by atoms with E-state index >= 15 is 0 Å². The van der Waals surface area contributed by atoms with E-state index in [2.05, 4.69) is 40.8 Å². The third-order valence-corrected chi connectivity index (χ3v) is 6.27. The molecular weight excluding hydrogens is 377 g/mol. The molecule has 0 bridgehead atoms. The maximum absolute atomic E-state index is 14.0. The van der Waals surface area contributed by atoms with Gasteiger partial charge in [0.15, 0.2) is 0 Å². The van der Waals surface area contributed by atoms with Crippen molar-refractivity contribution in [1.82, 2.24) is 19.9 Å². The number of halogens is 1. The molecular formula is C24H28FN5. The Kier molecular flexibility index (Phi) is 5.03. The van der Waals surface area contributed by atoms with Crippen LogP contribution in [-0.4, -0.2) is 51.7 Å². The average Bonchev–Trinajstić information content (AvgIpc) is 3.39. The molecule has 0 radical (unpaired) electrons. The molecule has 3 aromatic rings. The second kappa shape index (κ2) is 7.84. The van der Waals surface area contributed by atoms with Crippen LogP contribution in [0.15, 0.2) is 42.6 Å². The molecule has 2 aromatic heterocycles. The van der Waals surface area contributed by atoms with Crippen LogP contribution in [0, 0.1) is 0 Å². The number of fused-ring (bicyclic) bond motifs is 1.